The fraction of sp³-hybridized carbons (Fsp3) is 0.417. The molecule has 0 aliphatic carbocycles. The molecular weight excluding hydrogens is 851 g/mol. The number of halogens is 2. The number of alkyl halides is 2. The number of amides is 6. The van der Waals surface area contributed by atoms with Gasteiger partial charge in [-0.2, -0.15) is 5.10 Å². The van der Waals surface area contributed by atoms with Crippen molar-refractivity contribution in [2.75, 3.05) is 49.1 Å². The highest BCUT2D eigenvalue weighted by Crippen LogP contribution is 2.45. The van der Waals surface area contributed by atoms with Crippen LogP contribution >= 0.6 is 0 Å². The van der Waals surface area contributed by atoms with Crippen LogP contribution in [0.4, 0.5) is 26.0 Å². The molecule has 16 nitrogen and oxygen atoms in total. The van der Waals surface area contributed by atoms with Gasteiger partial charge in [0.25, 0.3) is 18.2 Å². The quantitative estimate of drug-likeness (QED) is 0.218. The number of aromatic nitrogens is 4. The van der Waals surface area contributed by atoms with Gasteiger partial charge in [-0.3, -0.25) is 48.6 Å². The average Bonchev–Trinajstić information content (AvgIpc) is 3.93. The molecule has 340 valence electrons. The SMILES string of the molecule is CC(=O)N1CCc2c(c(N3CCCc4cc(-c5cn(C)c6ccncc56)c(C(F)F)cc43)nn2C2CCN(C(=O)C3CN(c4ccc5c(c4)C(=O)N(C4CCC(=O)NC4=O)C5=O)C3)CC2)C1. The van der Waals surface area contributed by atoms with E-state index in [9.17, 15) is 28.8 Å². The van der Waals surface area contributed by atoms with Crippen LogP contribution in [0, 0.1) is 5.92 Å². The molecule has 2 aromatic carbocycles. The monoisotopic (exact) mass is 898 g/mol. The van der Waals surface area contributed by atoms with Crippen molar-refractivity contribution >= 4 is 63.5 Å². The van der Waals surface area contributed by atoms with E-state index in [0.29, 0.717) is 93.4 Å². The molecule has 3 fully saturated rings. The molecule has 3 saturated heterocycles. The summed E-state index contributed by atoms with van der Waals surface area (Å²) in [5, 5.41) is 8.32. The summed E-state index contributed by atoms with van der Waals surface area (Å²) in [7, 11) is 1.90. The van der Waals surface area contributed by atoms with Crippen LogP contribution in [0.1, 0.15) is 94.6 Å². The third-order valence-corrected chi connectivity index (χ3v) is 14.6. The number of hydrogen-bond donors (Lipinski definition) is 1. The second-order valence-electron chi connectivity index (χ2n) is 18.4. The summed E-state index contributed by atoms with van der Waals surface area (Å²) < 4.78 is 34.3. The number of pyridine rings is 1. The van der Waals surface area contributed by atoms with Gasteiger partial charge in [-0.05, 0) is 79.6 Å². The summed E-state index contributed by atoms with van der Waals surface area (Å²) >= 11 is 0. The van der Waals surface area contributed by atoms with Crippen molar-refractivity contribution in [2.24, 2.45) is 13.0 Å². The molecule has 1 N–H and O–H groups in total. The molecule has 9 heterocycles. The van der Waals surface area contributed by atoms with E-state index in [-0.39, 0.29) is 53.3 Å². The Balaban J connectivity index is 0.800. The number of rotatable bonds is 7. The van der Waals surface area contributed by atoms with Crippen LogP contribution in [0.25, 0.3) is 22.0 Å². The number of aryl methyl sites for hydroxylation is 2. The summed E-state index contributed by atoms with van der Waals surface area (Å²) in [6.07, 6.45) is 6.17. The number of carbonyl (C=O) groups excluding carboxylic acids is 6. The van der Waals surface area contributed by atoms with Gasteiger partial charge in [0.1, 0.15) is 6.04 Å². The molecule has 6 aliphatic rings. The first-order valence-corrected chi connectivity index (χ1v) is 22.7. The molecule has 0 radical (unpaired) electrons. The Hall–Kier alpha value is -6.98. The second-order valence-corrected chi connectivity index (χ2v) is 18.4. The van der Waals surface area contributed by atoms with Gasteiger partial charge in [0.15, 0.2) is 5.82 Å². The van der Waals surface area contributed by atoms with Gasteiger partial charge in [0, 0.05) is 124 Å². The smallest absolute Gasteiger partial charge is 0.264 e. The summed E-state index contributed by atoms with van der Waals surface area (Å²) in [6.45, 7) is 5.03. The van der Waals surface area contributed by atoms with E-state index in [1.165, 1.54) is 0 Å². The zero-order valence-electron chi connectivity index (χ0n) is 36.6. The lowest BCUT2D eigenvalue weighted by Crippen LogP contribution is -2.55. The molecular formula is C48H48F2N10O6. The Morgan fingerprint density at radius 1 is 0.848 bits per heavy atom. The van der Waals surface area contributed by atoms with Crippen molar-refractivity contribution in [2.45, 2.75) is 76.9 Å². The minimum Gasteiger partial charge on any atom is -0.370 e. The first-order chi connectivity index (χ1) is 31.8. The Morgan fingerprint density at radius 3 is 2.39 bits per heavy atom. The number of likely N-dealkylation sites (tertiary alicyclic amines) is 1. The lowest BCUT2D eigenvalue weighted by molar-refractivity contribution is -0.138. The van der Waals surface area contributed by atoms with Crippen LogP contribution in [0.15, 0.2) is 55.0 Å². The molecule has 0 spiro atoms. The standard InChI is InChI=1S/C48H48F2N10O6/c1-26(61)56-17-12-39-37(25-56)44(58-14-3-4-27-18-32(33(43(49)50)20-41(27)58)36-24-54(2)38-9-13-51-21-35(36)38)53-60(39)29-10-15-55(16-11-29)46(64)28-22-57(23-28)30-5-6-31-34(19-30)48(66)59(47(31)65)40-7-8-42(62)52-45(40)63/h5-6,9,13,18-21,24,28-29,40,43H,3-4,7-8,10-12,14-17,22-23,25H2,1-2H3,(H,52,62,63). The van der Waals surface area contributed by atoms with Crippen molar-refractivity contribution in [1.82, 2.24) is 39.3 Å². The predicted octanol–water partition coefficient (Wildman–Crippen LogP) is 5.06. The first-order valence-electron chi connectivity index (χ1n) is 22.7. The zero-order chi connectivity index (χ0) is 45.7. The molecule has 0 bridgehead atoms. The van der Waals surface area contributed by atoms with Crippen LogP contribution in [0.3, 0.4) is 0 Å². The van der Waals surface area contributed by atoms with Crippen LogP contribution < -0.4 is 15.1 Å². The van der Waals surface area contributed by atoms with Gasteiger partial charge in [-0.15, -0.1) is 0 Å². The summed E-state index contributed by atoms with van der Waals surface area (Å²) in [5.74, 6) is -1.77. The number of carbonyl (C=O) groups is 6. The van der Waals surface area contributed by atoms with Crippen molar-refractivity contribution in [1.29, 1.82) is 0 Å². The second kappa shape index (κ2) is 15.9. The first kappa shape index (κ1) is 41.7. The number of imide groups is 2. The number of fused-ring (bicyclic) bond motifs is 4. The van der Waals surface area contributed by atoms with Gasteiger partial charge in [0.2, 0.25) is 23.6 Å². The molecule has 3 aromatic heterocycles. The lowest BCUT2D eigenvalue weighted by Gasteiger charge is -2.43. The summed E-state index contributed by atoms with van der Waals surface area (Å²) in [6, 6.07) is 9.35. The molecule has 18 heteroatoms. The minimum atomic E-state index is -2.73. The van der Waals surface area contributed by atoms with E-state index < -0.39 is 36.1 Å². The highest BCUT2D eigenvalue weighted by atomic mass is 19.3. The highest BCUT2D eigenvalue weighted by Gasteiger charge is 2.46. The molecule has 66 heavy (non-hydrogen) atoms. The fourth-order valence-electron chi connectivity index (χ4n) is 11.0. The van der Waals surface area contributed by atoms with Crippen molar-refractivity contribution in [3.63, 3.8) is 0 Å². The average molecular weight is 899 g/mol. The highest BCUT2D eigenvalue weighted by molar-refractivity contribution is 6.23. The van der Waals surface area contributed by atoms with E-state index >= 15 is 8.78 Å². The van der Waals surface area contributed by atoms with Crippen LogP contribution in [-0.4, -0.2) is 115 Å². The predicted molar refractivity (Wildman–Crippen MR) is 237 cm³/mol. The summed E-state index contributed by atoms with van der Waals surface area (Å²) in [5.41, 5.74) is 6.80. The maximum absolute atomic E-state index is 15.1. The molecule has 1 unspecified atom stereocenters. The molecule has 6 aliphatic heterocycles. The van der Waals surface area contributed by atoms with Gasteiger partial charge in [-0.25, -0.2) is 8.78 Å². The Kier molecular flexibility index (Phi) is 10.0. The normalized spacial score (nSPS) is 20.3. The third-order valence-electron chi connectivity index (χ3n) is 14.6. The van der Waals surface area contributed by atoms with Gasteiger partial charge in [0.05, 0.1) is 35.1 Å². The van der Waals surface area contributed by atoms with Gasteiger partial charge in [-0.1, -0.05) is 0 Å². The summed E-state index contributed by atoms with van der Waals surface area (Å²) in [4.78, 5) is 90.4. The molecule has 11 rings (SSSR count). The van der Waals surface area contributed by atoms with E-state index in [4.69, 9.17) is 5.10 Å². The number of benzene rings is 2. The molecule has 0 saturated carbocycles. The maximum atomic E-state index is 15.1. The molecule has 6 amide bonds. The van der Waals surface area contributed by atoms with E-state index in [0.717, 1.165) is 45.5 Å². The van der Waals surface area contributed by atoms with E-state index in [1.807, 2.05) is 44.6 Å². The van der Waals surface area contributed by atoms with E-state index in [1.54, 1.807) is 43.6 Å². The fourth-order valence-corrected chi connectivity index (χ4v) is 11.0. The van der Waals surface area contributed by atoms with Crippen LogP contribution in [0.5, 0.6) is 0 Å². The lowest BCUT2D eigenvalue weighted by atomic mass is 9.91. The number of anilines is 3. The third kappa shape index (κ3) is 6.73. The Morgan fingerprint density at radius 2 is 1.64 bits per heavy atom. The van der Waals surface area contributed by atoms with Crippen molar-refractivity contribution in [3.05, 3.63) is 88.5 Å². The van der Waals surface area contributed by atoms with Crippen molar-refractivity contribution in [3.8, 4) is 11.1 Å². The number of hydrogen-bond acceptors (Lipinski definition) is 10. The van der Waals surface area contributed by atoms with Crippen molar-refractivity contribution < 1.29 is 37.5 Å². The number of nitrogens with one attached hydrogen (secondary N) is 1. The minimum absolute atomic E-state index is 0.00653. The maximum Gasteiger partial charge on any atom is 0.264 e. The van der Waals surface area contributed by atoms with Gasteiger partial charge >= 0.3 is 0 Å². The Labute approximate surface area is 378 Å². The van der Waals surface area contributed by atoms with Gasteiger partial charge < -0.3 is 24.2 Å². The number of nitrogens with zero attached hydrogens (tertiary/aromatic N) is 9. The van der Waals surface area contributed by atoms with Crippen LogP contribution in [-0.2, 0) is 45.6 Å². The van der Waals surface area contributed by atoms with E-state index in [2.05, 4.69) is 19.9 Å². The molecule has 5 aromatic rings. The topological polar surface area (TPSA) is 166 Å². The number of piperidine rings is 2. The Bertz CT molecular complexity index is 2910. The van der Waals surface area contributed by atoms with Crippen LogP contribution in [0.2, 0.25) is 0 Å². The molecule has 1 atom stereocenters. The largest absolute Gasteiger partial charge is 0.370 e. The zero-order valence-corrected chi connectivity index (χ0v) is 36.6.